The molecule has 1 saturated heterocycles. The van der Waals surface area contributed by atoms with Crippen LogP contribution in [0.4, 0.5) is 0 Å². The van der Waals surface area contributed by atoms with E-state index < -0.39 is 0 Å². The van der Waals surface area contributed by atoms with E-state index in [9.17, 15) is 0 Å². The van der Waals surface area contributed by atoms with Crippen molar-refractivity contribution in [1.82, 2.24) is 19.9 Å². The second-order valence-corrected chi connectivity index (χ2v) is 6.36. The topological polar surface area (TPSA) is 51.5 Å². The van der Waals surface area contributed by atoms with Crippen molar-refractivity contribution in [3.8, 4) is 17.0 Å². The number of hydrogen-bond acceptors (Lipinski definition) is 4. The van der Waals surface area contributed by atoms with E-state index in [1.165, 1.54) is 24.1 Å². The quantitative estimate of drug-likeness (QED) is 0.791. The zero-order chi connectivity index (χ0) is 15.4. The smallest absolute Gasteiger partial charge is 0.155 e. The van der Waals surface area contributed by atoms with E-state index in [0.717, 1.165) is 29.1 Å². The fourth-order valence-electron chi connectivity index (χ4n) is 3.94. The maximum Gasteiger partial charge on any atom is 0.155 e. The van der Waals surface area contributed by atoms with Crippen LogP contribution in [-0.4, -0.2) is 27.7 Å². The maximum absolute atomic E-state index is 5.47. The van der Waals surface area contributed by atoms with Gasteiger partial charge in [-0.3, -0.25) is 0 Å². The first kappa shape index (κ1) is 13.1. The number of benzene rings is 1. The Balaban J connectivity index is 1.70. The van der Waals surface area contributed by atoms with Crippen LogP contribution in [0.15, 0.2) is 36.5 Å². The summed E-state index contributed by atoms with van der Waals surface area (Å²) in [7, 11) is 1.69. The summed E-state index contributed by atoms with van der Waals surface area (Å²) in [6.45, 7) is 0. The van der Waals surface area contributed by atoms with Gasteiger partial charge >= 0.3 is 0 Å². The lowest BCUT2D eigenvalue weighted by molar-refractivity contribution is 0.416. The van der Waals surface area contributed by atoms with Crippen LogP contribution in [0, 0.1) is 0 Å². The lowest BCUT2D eigenvalue weighted by Crippen LogP contribution is -2.33. The van der Waals surface area contributed by atoms with Crippen LogP contribution in [-0.2, 0) is 6.42 Å². The number of rotatable bonds is 2. The van der Waals surface area contributed by atoms with Gasteiger partial charge in [-0.2, -0.15) is 5.10 Å². The molecule has 0 radical (unpaired) electrons. The maximum atomic E-state index is 5.47. The van der Waals surface area contributed by atoms with Crippen molar-refractivity contribution in [2.24, 2.45) is 0 Å². The number of nitrogens with zero attached hydrogens (tertiary/aromatic N) is 3. The minimum Gasteiger partial charge on any atom is -0.496 e. The van der Waals surface area contributed by atoms with Crippen molar-refractivity contribution in [2.75, 3.05) is 7.11 Å². The first-order valence-electron chi connectivity index (χ1n) is 8.10. The summed E-state index contributed by atoms with van der Waals surface area (Å²) in [5.41, 5.74) is 5.44. The highest BCUT2D eigenvalue weighted by atomic mass is 16.5. The van der Waals surface area contributed by atoms with Crippen LogP contribution in [0.2, 0.25) is 0 Å². The number of aromatic nitrogens is 3. The Hall–Kier alpha value is -2.40. The van der Waals surface area contributed by atoms with Gasteiger partial charge in [0.2, 0.25) is 0 Å². The van der Waals surface area contributed by atoms with Crippen molar-refractivity contribution >= 4 is 5.65 Å². The SMILES string of the molecule is COc1ccccc1-c1cc2ncc3c(n2n1)C[C@@H]1CC[C@H]3N1. The van der Waals surface area contributed by atoms with Crippen LogP contribution in [0.1, 0.15) is 30.1 Å². The van der Waals surface area contributed by atoms with Crippen molar-refractivity contribution in [3.05, 3.63) is 47.8 Å². The number of fused-ring (bicyclic) bond motifs is 6. The van der Waals surface area contributed by atoms with Gasteiger partial charge in [0.25, 0.3) is 0 Å². The third-order valence-corrected chi connectivity index (χ3v) is 5.05. The highest BCUT2D eigenvalue weighted by Gasteiger charge is 2.34. The van der Waals surface area contributed by atoms with E-state index in [4.69, 9.17) is 9.84 Å². The van der Waals surface area contributed by atoms with Crippen LogP contribution in [0.3, 0.4) is 0 Å². The van der Waals surface area contributed by atoms with Gasteiger partial charge in [-0.15, -0.1) is 0 Å². The number of methoxy groups -OCH3 is 1. The second-order valence-electron chi connectivity index (χ2n) is 6.36. The lowest BCUT2D eigenvalue weighted by Gasteiger charge is -2.24. The van der Waals surface area contributed by atoms with Crippen LogP contribution < -0.4 is 10.1 Å². The first-order valence-corrected chi connectivity index (χ1v) is 8.10. The van der Waals surface area contributed by atoms with Crippen molar-refractivity contribution in [3.63, 3.8) is 0 Å². The molecule has 2 aliphatic rings. The van der Waals surface area contributed by atoms with E-state index in [1.807, 2.05) is 41.0 Å². The van der Waals surface area contributed by atoms with E-state index in [0.29, 0.717) is 12.1 Å². The summed E-state index contributed by atoms with van der Waals surface area (Å²) < 4.78 is 7.50. The highest BCUT2D eigenvalue weighted by Crippen LogP contribution is 2.36. The molecule has 2 aromatic heterocycles. The minimum absolute atomic E-state index is 0.444. The molecule has 5 rings (SSSR count). The van der Waals surface area contributed by atoms with E-state index in [2.05, 4.69) is 10.3 Å². The van der Waals surface area contributed by atoms with Gasteiger partial charge < -0.3 is 10.1 Å². The van der Waals surface area contributed by atoms with E-state index in [1.54, 1.807) is 7.11 Å². The lowest BCUT2D eigenvalue weighted by atomic mass is 10.0. The summed E-state index contributed by atoms with van der Waals surface area (Å²) in [4.78, 5) is 4.63. The third kappa shape index (κ3) is 1.90. The molecule has 23 heavy (non-hydrogen) atoms. The second kappa shape index (κ2) is 4.80. The number of para-hydroxylation sites is 1. The summed E-state index contributed by atoms with van der Waals surface area (Å²) in [5.74, 6) is 0.839. The average Bonchev–Trinajstić information content (AvgIpc) is 3.19. The van der Waals surface area contributed by atoms with Crippen LogP contribution in [0.25, 0.3) is 16.9 Å². The Morgan fingerprint density at radius 1 is 1.26 bits per heavy atom. The fourth-order valence-corrected chi connectivity index (χ4v) is 3.94. The molecule has 0 unspecified atom stereocenters. The van der Waals surface area contributed by atoms with Gasteiger partial charge in [0, 0.05) is 41.9 Å². The minimum atomic E-state index is 0.444. The highest BCUT2D eigenvalue weighted by molar-refractivity contribution is 5.70. The normalized spacial score (nSPS) is 22.3. The molecular weight excluding hydrogens is 288 g/mol. The molecule has 116 valence electrons. The summed E-state index contributed by atoms with van der Waals surface area (Å²) in [6, 6.07) is 11.1. The molecule has 5 nitrogen and oxygen atoms in total. The molecule has 4 heterocycles. The Bertz CT molecular complexity index is 901. The largest absolute Gasteiger partial charge is 0.496 e. The van der Waals surface area contributed by atoms with Crippen molar-refractivity contribution in [2.45, 2.75) is 31.3 Å². The Morgan fingerprint density at radius 3 is 3.09 bits per heavy atom. The molecule has 2 aliphatic heterocycles. The monoisotopic (exact) mass is 306 g/mol. The first-order chi connectivity index (χ1) is 11.3. The molecule has 0 aliphatic carbocycles. The molecule has 1 fully saturated rings. The van der Waals surface area contributed by atoms with Crippen LogP contribution in [0.5, 0.6) is 5.75 Å². The van der Waals surface area contributed by atoms with E-state index in [-0.39, 0.29) is 0 Å². The van der Waals surface area contributed by atoms with Gasteiger partial charge in [-0.25, -0.2) is 9.50 Å². The van der Waals surface area contributed by atoms with Gasteiger partial charge in [0.05, 0.1) is 18.5 Å². The molecule has 2 atom stereocenters. The molecule has 3 aromatic rings. The number of nitrogens with one attached hydrogen (secondary N) is 1. The third-order valence-electron chi connectivity index (χ3n) is 5.05. The zero-order valence-electron chi connectivity index (χ0n) is 13.0. The fraction of sp³-hybridized carbons (Fsp3) is 0.333. The van der Waals surface area contributed by atoms with Crippen molar-refractivity contribution < 1.29 is 4.74 Å². The van der Waals surface area contributed by atoms with Gasteiger partial charge in [-0.05, 0) is 25.0 Å². The molecule has 0 saturated carbocycles. The Morgan fingerprint density at radius 2 is 2.17 bits per heavy atom. The Kier molecular flexibility index (Phi) is 2.73. The predicted octanol–water partition coefficient (Wildman–Crippen LogP) is 2.75. The molecule has 1 aromatic carbocycles. The molecule has 0 spiro atoms. The zero-order valence-corrected chi connectivity index (χ0v) is 13.0. The average molecular weight is 306 g/mol. The molecule has 2 bridgehead atoms. The van der Waals surface area contributed by atoms with Gasteiger partial charge in [-0.1, -0.05) is 12.1 Å². The molecule has 0 amide bonds. The Labute approximate surface area is 134 Å². The number of ether oxygens (including phenoxy) is 1. The summed E-state index contributed by atoms with van der Waals surface area (Å²) in [6.07, 6.45) is 5.49. The van der Waals surface area contributed by atoms with Crippen molar-refractivity contribution in [1.29, 1.82) is 0 Å². The van der Waals surface area contributed by atoms with E-state index >= 15 is 0 Å². The predicted molar refractivity (Wildman–Crippen MR) is 87.6 cm³/mol. The van der Waals surface area contributed by atoms with Gasteiger partial charge in [0.1, 0.15) is 5.75 Å². The standard InChI is InChI=1S/C18H18N4O/c1-23-17-5-3-2-4-12(17)15-9-18-19-10-13-14-7-6-11(20-14)8-16(13)22(18)21-15/h2-5,9-11,14,20H,6-8H2,1H3/t11-,14+/m0/s1. The summed E-state index contributed by atoms with van der Waals surface area (Å²) in [5, 5.41) is 8.51. The van der Waals surface area contributed by atoms with Gasteiger partial charge in [0.15, 0.2) is 5.65 Å². The number of hydrogen-bond donors (Lipinski definition) is 1. The molecule has 1 N–H and O–H groups in total. The van der Waals surface area contributed by atoms with Crippen LogP contribution >= 0.6 is 0 Å². The molecular formula is C18H18N4O. The molecule has 5 heteroatoms. The summed E-state index contributed by atoms with van der Waals surface area (Å²) >= 11 is 0.